The smallest absolute Gasteiger partial charge is 0.294 e. The number of hydrogen-bond donors (Lipinski definition) is 0. The Balaban J connectivity index is 1.11. The highest BCUT2D eigenvalue weighted by Gasteiger charge is 2.43. The van der Waals surface area contributed by atoms with Crippen molar-refractivity contribution in [1.29, 1.82) is 0 Å². The minimum atomic E-state index is -0.746. The highest BCUT2D eigenvalue weighted by atomic mass is 15.2. The van der Waals surface area contributed by atoms with E-state index in [0.717, 1.165) is 78.4 Å². The summed E-state index contributed by atoms with van der Waals surface area (Å²) in [6.07, 6.45) is 1.88. The lowest BCUT2D eigenvalue weighted by molar-refractivity contribution is 0.745. The van der Waals surface area contributed by atoms with Gasteiger partial charge < -0.3 is 0 Å². The molecule has 0 aliphatic carbocycles. The molecule has 4 heteroatoms. The van der Waals surface area contributed by atoms with Gasteiger partial charge in [0.25, 0.3) is 5.69 Å². The molecule has 322 valence electrons. The van der Waals surface area contributed by atoms with Gasteiger partial charge in [-0.15, -0.1) is 0 Å². The summed E-state index contributed by atoms with van der Waals surface area (Å²) in [7, 11) is 0. The Hall–Kier alpha value is -9.21. The fraction of sp³-hybridized carbons (Fsp3) is 0.0154. The molecule has 1 aliphatic heterocycles. The summed E-state index contributed by atoms with van der Waals surface area (Å²) in [6.45, 7) is 0. The third-order valence-electron chi connectivity index (χ3n) is 13.9. The second-order valence-electron chi connectivity index (χ2n) is 17.7. The molecule has 1 aliphatic rings. The summed E-state index contributed by atoms with van der Waals surface area (Å²) in [4.78, 5) is 4.90. The Labute approximate surface area is 401 Å². The van der Waals surface area contributed by atoms with Crippen LogP contribution in [-0.4, -0.2) is 15.6 Å². The van der Waals surface area contributed by atoms with Gasteiger partial charge in [0.1, 0.15) is 5.82 Å². The van der Waals surface area contributed by atoms with E-state index < -0.39 is 5.41 Å². The first-order valence-corrected chi connectivity index (χ1v) is 23.5. The average molecular weight is 881 g/mol. The molecule has 4 nitrogen and oxygen atoms in total. The summed E-state index contributed by atoms with van der Waals surface area (Å²) in [5.74, 6) is 0.882. The lowest BCUT2D eigenvalue weighted by Crippen LogP contribution is -2.31. The quantitative estimate of drug-likeness (QED) is 0.105. The van der Waals surface area contributed by atoms with Gasteiger partial charge in [0.15, 0.2) is 0 Å². The van der Waals surface area contributed by atoms with Gasteiger partial charge in [0.05, 0.1) is 33.0 Å². The Morgan fingerprint density at radius 1 is 0.377 bits per heavy atom. The monoisotopic (exact) mass is 880 g/mol. The van der Waals surface area contributed by atoms with Gasteiger partial charge in [0.2, 0.25) is 11.4 Å². The maximum absolute atomic E-state index is 4.90. The lowest BCUT2D eigenvalue weighted by Gasteiger charge is -2.36. The van der Waals surface area contributed by atoms with Crippen LogP contribution in [0.1, 0.15) is 22.3 Å². The first kappa shape index (κ1) is 40.1. The van der Waals surface area contributed by atoms with Crippen LogP contribution in [0, 0.1) is 0 Å². The molecule has 0 saturated heterocycles. The Morgan fingerprint density at radius 3 is 1.62 bits per heavy atom. The Kier molecular flexibility index (Phi) is 9.64. The average Bonchev–Trinajstić information content (AvgIpc) is 3.99. The van der Waals surface area contributed by atoms with E-state index in [1.807, 2.05) is 12.3 Å². The molecular weight excluding hydrogens is 837 g/mol. The molecule has 10 aromatic carbocycles. The molecule has 0 amide bonds. The number of rotatable bonds is 9. The van der Waals surface area contributed by atoms with Crippen molar-refractivity contribution >= 4 is 61.3 Å². The first-order chi connectivity index (χ1) is 34.3. The van der Waals surface area contributed by atoms with Crippen molar-refractivity contribution in [3.63, 3.8) is 0 Å². The number of hydrogen-bond acceptors (Lipinski definition) is 1. The maximum atomic E-state index is 4.90. The van der Waals surface area contributed by atoms with E-state index in [1.165, 1.54) is 27.3 Å². The number of aromatic nitrogens is 2. The van der Waals surface area contributed by atoms with Crippen LogP contribution in [0.5, 0.6) is 0 Å². The third-order valence-corrected chi connectivity index (χ3v) is 13.9. The number of nitrogens with zero attached hydrogens (tertiary/aromatic N) is 4. The highest BCUT2D eigenvalue weighted by molar-refractivity contribution is 6.10. The zero-order valence-electron chi connectivity index (χ0n) is 37.7. The molecule has 0 spiro atoms. The number of para-hydroxylation sites is 2. The van der Waals surface area contributed by atoms with Gasteiger partial charge in [0, 0.05) is 35.2 Å². The highest BCUT2D eigenvalue weighted by Crippen LogP contribution is 2.50. The second kappa shape index (κ2) is 16.6. The molecule has 13 rings (SSSR count). The molecular formula is C65H44N4+2. The van der Waals surface area contributed by atoms with E-state index in [4.69, 9.17) is 4.98 Å². The molecule has 0 radical (unpaired) electrons. The van der Waals surface area contributed by atoms with Gasteiger partial charge in [-0.05, 0) is 96.4 Å². The number of benzene rings is 10. The van der Waals surface area contributed by atoms with Crippen LogP contribution >= 0.6 is 0 Å². The van der Waals surface area contributed by atoms with E-state index in [1.54, 1.807) is 0 Å². The molecule has 0 saturated carbocycles. The van der Waals surface area contributed by atoms with Gasteiger partial charge in [-0.3, -0.25) is 4.57 Å². The largest absolute Gasteiger partial charge is 0.503 e. The predicted octanol–water partition coefficient (Wildman–Crippen LogP) is 15.9. The Morgan fingerprint density at radius 2 is 0.942 bits per heavy atom. The molecule has 69 heavy (non-hydrogen) atoms. The fourth-order valence-electron chi connectivity index (χ4n) is 10.9. The predicted molar refractivity (Wildman–Crippen MR) is 286 cm³/mol. The summed E-state index contributed by atoms with van der Waals surface area (Å²) >= 11 is 0. The van der Waals surface area contributed by atoms with Crippen molar-refractivity contribution in [1.82, 2.24) is 18.7 Å². The van der Waals surface area contributed by atoms with E-state index in [0.29, 0.717) is 0 Å². The topological polar surface area (TPSA) is 23.8 Å². The maximum Gasteiger partial charge on any atom is 0.503 e. The second-order valence-corrected chi connectivity index (χ2v) is 17.7. The summed E-state index contributed by atoms with van der Waals surface area (Å²) in [5.41, 5.74) is 14.9. The third kappa shape index (κ3) is 6.50. The number of pyridine rings is 1. The van der Waals surface area contributed by atoms with Gasteiger partial charge in [-0.25, -0.2) is 4.98 Å². The molecule has 0 atom stereocenters. The molecule has 2 aromatic heterocycles. The minimum Gasteiger partial charge on any atom is -0.294 e. The molecule has 12 aromatic rings. The van der Waals surface area contributed by atoms with Crippen LogP contribution in [-0.2, 0) is 5.41 Å². The van der Waals surface area contributed by atoms with Gasteiger partial charge >= 0.3 is 11.7 Å². The SMILES string of the molecule is C1=[N+](c2cccc(C(c3ccccc3)(c3ccccc3)c3ccc4c5ccccc5n(-c5ccccn5)c4c3)c2)c2ccc3ccccc3c2[N+]=1c1c(-c2ccccc2)cccc1-c1ccccc1. The zero-order chi connectivity index (χ0) is 45.7. The molecule has 3 heterocycles. The van der Waals surface area contributed by atoms with E-state index in [9.17, 15) is 0 Å². The zero-order valence-corrected chi connectivity index (χ0v) is 37.7. The van der Waals surface area contributed by atoms with Crippen LogP contribution in [0.3, 0.4) is 0 Å². The summed E-state index contributed by atoms with van der Waals surface area (Å²) in [5, 5.41) is 4.70. The fourth-order valence-corrected chi connectivity index (χ4v) is 10.9. The molecule has 0 bridgehead atoms. The van der Waals surface area contributed by atoms with Crippen molar-refractivity contribution in [2.45, 2.75) is 5.41 Å². The van der Waals surface area contributed by atoms with E-state index in [-0.39, 0.29) is 0 Å². The van der Waals surface area contributed by atoms with Crippen molar-refractivity contribution in [2.24, 2.45) is 0 Å². The summed E-state index contributed by atoms with van der Waals surface area (Å²) < 4.78 is 6.90. The van der Waals surface area contributed by atoms with Crippen LogP contribution in [0.25, 0.3) is 60.6 Å². The van der Waals surface area contributed by atoms with Gasteiger partial charge in [-0.1, -0.05) is 194 Å². The standard InChI is InChI=1S/C65H44N4/c1-5-21-46(22-6-1)54-34-20-35-55(47-23-7-2-8-24-47)63(54)68-45-67(60-41-38-48-25-13-14-32-56(48)64(60)68)53-31-19-30-51(43-53)65(49-26-9-3-10-27-49,50-28-11-4-12-29-50)52-39-40-58-57-33-15-16-36-59(57)69(61(58)44-52)62-37-17-18-42-66-62/h1-44H/q+2. The Bertz CT molecular complexity index is 3870. The van der Waals surface area contributed by atoms with Gasteiger partial charge in [-0.2, -0.15) is 0 Å². The molecule has 0 unspecified atom stereocenters. The summed E-state index contributed by atoms with van der Waals surface area (Å²) in [6, 6.07) is 98.3. The van der Waals surface area contributed by atoms with Crippen LogP contribution in [0.4, 0.5) is 22.7 Å². The van der Waals surface area contributed by atoms with E-state index >= 15 is 0 Å². The lowest BCUT2D eigenvalue weighted by atomic mass is 9.65. The van der Waals surface area contributed by atoms with Crippen molar-refractivity contribution in [2.75, 3.05) is 0 Å². The van der Waals surface area contributed by atoms with E-state index in [2.05, 4.69) is 275 Å². The minimum absolute atomic E-state index is 0.746. The number of fused-ring (bicyclic) bond motifs is 6. The molecule has 0 N–H and O–H groups in total. The van der Waals surface area contributed by atoms with Crippen molar-refractivity contribution in [3.05, 3.63) is 289 Å². The van der Waals surface area contributed by atoms with Crippen LogP contribution in [0.2, 0.25) is 0 Å². The van der Waals surface area contributed by atoms with Crippen LogP contribution in [0.15, 0.2) is 267 Å². The normalized spacial score (nSPS) is 12.3. The van der Waals surface area contributed by atoms with Crippen molar-refractivity contribution < 1.29 is 0 Å². The first-order valence-electron chi connectivity index (χ1n) is 23.5. The van der Waals surface area contributed by atoms with Crippen LogP contribution < -0.4 is 9.15 Å². The molecule has 0 fully saturated rings. The van der Waals surface area contributed by atoms with Crippen molar-refractivity contribution in [3.8, 4) is 28.1 Å².